The molecule has 0 radical (unpaired) electrons. The van der Waals surface area contributed by atoms with Gasteiger partial charge in [0.05, 0.1) is 11.8 Å². The summed E-state index contributed by atoms with van der Waals surface area (Å²) in [5.41, 5.74) is 8.46. The number of aromatic nitrogens is 1. The maximum Gasteiger partial charge on any atom is 0.225 e. The number of hydrogen-bond acceptors (Lipinski definition) is 4. The van der Waals surface area contributed by atoms with Gasteiger partial charge < -0.3 is 14.9 Å². The molecule has 0 unspecified atom stereocenters. The lowest BCUT2D eigenvalue weighted by molar-refractivity contribution is 0.259. The van der Waals surface area contributed by atoms with Gasteiger partial charge in [-0.15, -0.1) is 0 Å². The van der Waals surface area contributed by atoms with Gasteiger partial charge in [0, 0.05) is 5.69 Å². The Labute approximate surface area is 117 Å². The summed E-state index contributed by atoms with van der Waals surface area (Å²) in [5.74, 6) is 1.13. The molecule has 2 aromatic rings. The molecule has 3 N–H and O–H groups in total. The Balaban J connectivity index is 1.89. The molecule has 0 bridgehead atoms. The minimum atomic E-state index is -0.0136. The summed E-state index contributed by atoms with van der Waals surface area (Å²) < 4.78 is 10.9. The maximum atomic E-state index is 7.68. The first-order chi connectivity index (χ1) is 9.74. The molecular weight excluding hydrogens is 254 g/mol. The molecule has 5 nitrogen and oxygen atoms in total. The minimum Gasteiger partial charge on any atom is -0.469 e. The number of nitrogens with zero attached hydrogens (tertiary/aromatic N) is 1. The van der Waals surface area contributed by atoms with Gasteiger partial charge in [-0.25, -0.2) is 4.98 Å². The van der Waals surface area contributed by atoms with Crippen molar-refractivity contribution in [3.8, 4) is 5.88 Å². The van der Waals surface area contributed by atoms with Crippen LogP contribution in [0.4, 0.5) is 0 Å². The summed E-state index contributed by atoms with van der Waals surface area (Å²) in [6.07, 6.45) is 5.88. The molecule has 0 atom stereocenters. The predicted octanol–water partition coefficient (Wildman–Crippen LogP) is 2.42. The average Bonchev–Trinajstić information content (AvgIpc) is 2.97. The van der Waals surface area contributed by atoms with Crippen molar-refractivity contribution in [2.45, 2.75) is 32.3 Å². The number of hydrogen-bond donors (Lipinski definition) is 2. The SMILES string of the molecule is N=C(N)c1cc2c(nc1OCc1ccco1)CCCC2. The van der Waals surface area contributed by atoms with Gasteiger partial charge in [-0.3, -0.25) is 5.41 Å². The molecule has 1 aliphatic rings. The fraction of sp³-hybridized carbons (Fsp3) is 0.333. The van der Waals surface area contributed by atoms with Crippen LogP contribution in [-0.2, 0) is 19.4 Å². The summed E-state index contributed by atoms with van der Waals surface area (Å²) in [6, 6.07) is 5.60. The standard InChI is InChI=1S/C15H17N3O2/c16-14(17)12-8-10-4-1-2-6-13(10)18-15(12)20-9-11-5-3-7-19-11/h3,5,7-8H,1-2,4,6,9H2,(H3,16,17). The van der Waals surface area contributed by atoms with Gasteiger partial charge in [-0.2, -0.15) is 0 Å². The zero-order chi connectivity index (χ0) is 13.9. The third-order valence-electron chi connectivity index (χ3n) is 3.49. The van der Waals surface area contributed by atoms with Crippen molar-refractivity contribution >= 4 is 5.84 Å². The number of aryl methyl sites for hydroxylation is 2. The van der Waals surface area contributed by atoms with Crippen LogP contribution in [0.3, 0.4) is 0 Å². The highest BCUT2D eigenvalue weighted by Crippen LogP contribution is 2.26. The van der Waals surface area contributed by atoms with Crippen LogP contribution in [0.1, 0.15) is 35.4 Å². The monoisotopic (exact) mass is 271 g/mol. The summed E-state index contributed by atoms with van der Waals surface area (Å²) in [6.45, 7) is 0.291. The van der Waals surface area contributed by atoms with Gasteiger partial charge in [0.2, 0.25) is 5.88 Å². The van der Waals surface area contributed by atoms with Gasteiger partial charge in [-0.05, 0) is 49.4 Å². The number of ether oxygens (including phenoxy) is 1. The van der Waals surface area contributed by atoms with Crippen LogP contribution in [0.2, 0.25) is 0 Å². The molecule has 0 fully saturated rings. The molecule has 0 saturated heterocycles. The van der Waals surface area contributed by atoms with Crippen LogP contribution >= 0.6 is 0 Å². The highest BCUT2D eigenvalue weighted by molar-refractivity contribution is 5.97. The Hall–Kier alpha value is -2.30. The highest BCUT2D eigenvalue weighted by Gasteiger charge is 2.17. The Morgan fingerprint density at radius 1 is 1.40 bits per heavy atom. The normalized spacial score (nSPS) is 13.8. The summed E-state index contributed by atoms with van der Waals surface area (Å²) >= 11 is 0. The van der Waals surface area contributed by atoms with E-state index in [1.54, 1.807) is 6.26 Å². The van der Waals surface area contributed by atoms with E-state index in [-0.39, 0.29) is 5.84 Å². The molecule has 0 aromatic carbocycles. The van der Waals surface area contributed by atoms with E-state index in [0.29, 0.717) is 18.1 Å². The molecule has 0 amide bonds. The largest absolute Gasteiger partial charge is 0.469 e. The van der Waals surface area contributed by atoms with Crippen molar-refractivity contribution in [2.24, 2.45) is 5.73 Å². The summed E-state index contributed by atoms with van der Waals surface area (Å²) in [5, 5.41) is 7.68. The Morgan fingerprint density at radius 3 is 3.00 bits per heavy atom. The molecular formula is C15H17N3O2. The van der Waals surface area contributed by atoms with Crippen molar-refractivity contribution in [1.82, 2.24) is 4.98 Å². The van der Waals surface area contributed by atoms with Crippen LogP contribution < -0.4 is 10.5 Å². The van der Waals surface area contributed by atoms with Crippen molar-refractivity contribution in [2.75, 3.05) is 0 Å². The fourth-order valence-electron chi connectivity index (χ4n) is 2.45. The fourth-order valence-corrected chi connectivity index (χ4v) is 2.45. The first-order valence-electron chi connectivity index (χ1n) is 6.76. The Bertz CT molecular complexity index is 620. The van der Waals surface area contributed by atoms with Crippen LogP contribution in [0.5, 0.6) is 5.88 Å². The average molecular weight is 271 g/mol. The van der Waals surface area contributed by atoms with E-state index in [1.165, 1.54) is 12.0 Å². The zero-order valence-corrected chi connectivity index (χ0v) is 11.2. The van der Waals surface area contributed by atoms with E-state index < -0.39 is 0 Å². The number of nitrogens with one attached hydrogen (secondary N) is 1. The van der Waals surface area contributed by atoms with Gasteiger partial charge >= 0.3 is 0 Å². The van der Waals surface area contributed by atoms with Gasteiger partial charge in [-0.1, -0.05) is 0 Å². The smallest absolute Gasteiger partial charge is 0.225 e. The van der Waals surface area contributed by atoms with E-state index in [9.17, 15) is 0 Å². The Morgan fingerprint density at radius 2 is 2.25 bits per heavy atom. The number of furan rings is 1. The second-order valence-electron chi connectivity index (χ2n) is 4.94. The van der Waals surface area contributed by atoms with Crippen LogP contribution in [0.15, 0.2) is 28.9 Å². The molecule has 104 valence electrons. The first-order valence-corrected chi connectivity index (χ1v) is 6.76. The van der Waals surface area contributed by atoms with E-state index >= 15 is 0 Å². The maximum absolute atomic E-state index is 7.68. The molecule has 0 saturated carbocycles. The molecule has 0 aliphatic heterocycles. The van der Waals surface area contributed by atoms with E-state index in [4.69, 9.17) is 20.3 Å². The van der Waals surface area contributed by atoms with Crippen molar-refractivity contribution < 1.29 is 9.15 Å². The van der Waals surface area contributed by atoms with Crippen LogP contribution in [0.25, 0.3) is 0 Å². The lowest BCUT2D eigenvalue weighted by Gasteiger charge is -2.18. The number of nitrogens with two attached hydrogens (primary N) is 1. The first kappa shape index (κ1) is 12.7. The quantitative estimate of drug-likeness (QED) is 0.660. The molecule has 20 heavy (non-hydrogen) atoms. The zero-order valence-electron chi connectivity index (χ0n) is 11.2. The minimum absolute atomic E-state index is 0.0136. The molecule has 0 spiro atoms. The predicted molar refractivity (Wildman–Crippen MR) is 74.9 cm³/mol. The van der Waals surface area contributed by atoms with Crippen molar-refractivity contribution in [1.29, 1.82) is 5.41 Å². The molecule has 3 rings (SSSR count). The lowest BCUT2D eigenvalue weighted by Crippen LogP contribution is -2.17. The van der Waals surface area contributed by atoms with Crippen molar-refractivity contribution in [3.05, 3.63) is 47.0 Å². The second kappa shape index (κ2) is 5.36. The third-order valence-corrected chi connectivity index (χ3v) is 3.49. The molecule has 2 heterocycles. The van der Waals surface area contributed by atoms with Gasteiger partial charge in [0.15, 0.2) is 0 Å². The number of amidine groups is 1. The van der Waals surface area contributed by atoms with Crippen LogP contribution in [0, 0.1) is 5.41 Å². The summed E-state index contributed by atoms with van der Waals surface area (Å²) in [4.78, 5) is 4.55. The highest BCUT2D eigenvalue weighted by atomic mass is 16.5. The number of rotatable bonds is 4. The van der Waals surface area contributed by atoms with E-state index in [2.05, 4.69) is 4.98 Å². The number of nitrogen functional groups attached to an aromatic ring is 1. The molecule has 2 aromatic heterocycles. The second-order valence-corrected chi connectivity index (χ2v) is 4.94. The number of fused-ring (bicyclic) bond motifs is 1. The number of pyridine rings is 1. The van der Waals surface area contributed by atoms with E-state index in [0.717, 1.165) is 30.7 Å². The van der Waals surface area contributed by atoms with Crippen LogP contribution in [-0.4, -0.2) is 10.8 Å². The summed E-state index contributed by atoms with van der Waals surface area (Å²) in [7, 11) is 0. The van der Waals surface area contributed by atoms with Gasteiger partial charge in [0.1, 0.15) is 18.2 Å². The topological polar surface area (TPSA) is 85.1 Å². The molecule has 5 heteroatoms. The molecule has 1 aliphatic carbocycles. The van der Waals surface area contributed by atoms with E-state index in [1.807, 2.05) is 18.2 Å². The van der Waals surface area contributed by atoms with Gasteiger partial charge in [0.25, 0.3) is 0 Å². The Kier molecular flexibility index (Phi) is 3.41. The third kappa shape index (κ3) is 2.52. The van der Waals surface area contributed by atoms with Crippen molar-refractivity contribution in [3.63, 3.8) is 0 Å². The lowest BCUT2D eigenvalue weighted by atomic mass is 9.95.